The van der Waals surface area contributed by atoms with Crippen LogP contribution in [-0.4, -0.2) is 15.5 Å². The molecule has 1 aromatic heterocycles. The zero-order chi connectivity index (χ0) is 19.2. The highest BCUT2D eigenvalue weighted by Crippen LogP contribution is 2.37. The number of allylic oxidation sites excluding steroid dienone is 1. The fourth-order valence-corrected chi connectivity index (χ4v) is 3.12. The summed E-state index contributed by atoms with van der Waals surface area (Å²) in [5.41, 5.74) is 0.494. The van der Waals surface area contributed by atoms with Gasteiger partial charge in [0.15, 0.2) is 0 Å². The minimum atomic E-state index is -4.70. The normalized spacial score (nSPS) is 15.1. The quantitative estimate of drug-likeness (QED) is 0.691. The summed E-state index contributed by atoms with van der Waals surface area (Å²) in [7, 11) is 0. The Labute approximate surface area is 152 Å². The van der Waals surface area contributed by atoms with Gasteiger partial charge in [-0.05, 0) is 31.2 Å². The molecule has 4 nitrogen and oxygen atoms in total. The molecule has 0 fully saturated rings. The van der Waals surface area contributed by atoms with Gasteiger partial charge in [-0.2, -0.15) is 13.2 Å². The zero-order valence-electron chi connectivity index (χ0n) is 14.2. The second kappa shape index (κ2) is 6.12. The number of para-hydroxylation sites is 2. The summed E-state index contributed by atoms with van der Waals surface area (Å²) in [4.78, 5) is 17.2. The van der Waals surface area contributed by atoms with Gasteiger partial charge in [0.2, 0.25) is 0 Å². The molecule has 1 aliphatic heterocycles. The van der Waals surface area contributed by atoms with Crippen LogP contribution in [0.4, 0.5) is 18.9 Å². The number of aromatic amines is 1. The maximum absolute atomic E-state index is 13.6. The van der Waals surface area contributed by atoms with Gasteiger partial charge in [0.25, 0.3) is 5.56 Å². The van der Waals surface area contributed by atoms with Crippen LogP contribution in [0.5, 0.6) is 0 Å². The van der Waals surface area contributed by atoms with Gasteiger partial charge in [-0.15, -0.1) is 0 Å². The number of hydrogen-bond acceptors (Lipinski definition) is 2. The molecule has 4 rings (SSSR count). The van der Waals surface area contributed by atoms with Crippen LogP contribution in [0, 0.1) is 0 Å². The molecule has 2 heterocycles. The summed E-state index contributed by atoms with van der Waals surface area (Å²) in [5.74, 6) is 0. The number of aliphatic imine (C=N–C) groups is 1. The Kier molecular flexibility index (Phi) is 3.87. The van der Waals surface area contributed by atoms with Crippen molar-refractivity contribution < 1.29 is 13.2 Å². The van der Waals surface area contributed by atoms with E-state index >= 15 is 0 Å². The standard InChI is InChI=1S/C20H14F3N3O/c1-12-15(14-9-5-6-10-17(14)24-12)11-16-18(20(21,22)23)25-26(19(16)27)13-7-3-2-4-8-13/h2-11,25H,1H3. The van der Waals surface area contributed by atoms with Crippen LogP contribution in [0.3, 0.4) is 0 Å². The van der Waals surface area contributed by atoms with Gasteiger partial charge >= 0.3 is 6.18 Å². The summed E-state index contributed by atoms with van der Waals surface area (Å²) in [6.45, 7) is 1.71. The van der Waals surface area contributed by atoms with Gasteiger partial charge in [0.05, 0.1) is 16.9 Å². The Bertz CT molecular complexity index is 1140. The second-order valence-electron chi connectivity index (χ2n) is 6.15. The first-order valence-electron chi connectivity index (χ1n) is 8.20. The molecule has 136 valence electrons. The van der Waals surface area contributed by atoms with Crippen molar-refractivity contribution in [1.29, 1.82) is 0 Å². The maximum atomic E-state index is 13.6. The molecule has 1 aliphatic rings. The highest BCUT2D eigenvalue weighted by atomic mass is 19.4. The fourth-order valence-electron chi connectivity index (χ4n) is 3.12. The van der Waals surface area contributed by atoms with E-state index < -0.39 is 23.0 Å². The van der Waals surface area contributed by atoms with E-state index in [0.717, 1.165) is 4.68 Å². The first-order valence-corrected chi connectivity index (χ1v) is 8.20. The van der Waals surface area contributed by atoms with E-state index in [1.807, 2.05) is 0 Å². The summed E-state index contributed by atoms with van der Waals surface area (Å²) in [6.07, 6.45) is -3.43. The van der Waals surface area contributed by atoms with E-state index in [0.29, 0.717) is 28.2 Å². The van der Waals surface area contributed by atoms with E-state index in [1.165, 1.54) is 6.08 Å². The molecule has 0 spiro atoms. The lowest BCUT2D eigenvalue weighted by molar-refractivity contribution is -0.141. The molecule has 0 atom stereocenters. The van der Waals surface area contributed by atoms with E-state index in [2.05, 4.69) is 10.1 Å². The molecular weight excluding hydrogens is 355 g/mol. The molecule has 0 unspecified atom stereocenters. The molecular formula is C20H14F3N3O. The van der Waals surface area contributed by atoms with E-state index in [-0.39, 0.29) is 0 Å². The van der Waals surface area contributed by atoms with Gasteiger partial charge in [0, 0.05) is 16.8 Å². The van der Waals surface area contributed by atoms with Crippen LogP contribution in [-0.2, 0) is 6.18 Å². The van der Waals surface area contributed by atoms with E-state index in [1.54, 1.807) is 61.5 Å². The second-order valence-corrected chi connectivity index (χ2v) is 6.15. The minimum Gasteiger partial charge on any atom is -0.286 e. The Morgan fingerprint density at radius 3 is 2.41 bits per heavy atom. The number of nitrogens with zero attached hydrogens (tertiary/aromatic N) is 2. The Morgan fingerprint density at radius 2 is 1.70 bits per heavy atom. The van der Waals surface area contributed by atoms with Crippen LogP contribution in [0.1, 0.15) is 23.7 Å². The average molecular weight is 369 g/mol. The van der Waals surface area contributed by atoms with Gasteiger partial charge in [-0.25, -0.2) is 4.68 Å². The molecule has 3 aromatic rings. The van der Waals surface area contributed by atoms with Crippen LogP contribution < -0.4 is 5.56 Å². The number of aromatic nitrogens is 2. The SMILES string of the molecule is CC1=Nc2ccccc2C1=Cc1c(C(F)(F)F)[nH]n(-c2ccccc2)c1=O. The molecule has 7 heteroatoms. The average Bonchev–Trinajstić information content (AvgIpc) is 3.14. The Morgan fingerprint density at radius 1 is 1.04 bits per heavy atom. The lowest BCUT2D eigenvalue weighted by Gasteiger charge is -2.06. The van der Waals surface area contributed by atoms with Crippen molar-refractivity contribution in [3.63, 3.8) is 0 Å². The lowest BCUT2D eigenvalue weighted by atomic mass is 10.0. The predicted molar refractivity (Wildman–Crippen MR) is 98.5 cm³/mol. The topological polar surface area (TPSA) is 50.1 Å². The molecule has 1 N–H and O–H groups in total. The number of hydrogen-bond donors (Lipinski definition) is 1. The van der Waals surface area contributed by atoms with Crippen molar-refractivity contribution in [2.24, 2.45) is 4.99 Å². The zero-order valence-corrected chi connectivity index (χ0v) is 14.2. The van der Waals surface area contributed by atoms with Crippen molar-refractivity contribution >= 4 is 23.0 Å². The minimum absolute atomic E-state index is 0.329. The first kappa shape index (κ1) is 17.1. The summed E-state index contributed by atoms with van der Waals surface area (Å²) in [6, 6.07) is 15.3. The highest BCUT2D eigenvalue weighted by Gasteiger charge is 2.38. The van der Waals surface area contributed by atoms with Crippen molar-refractivity contribution in [3.05, 3.63) is 81.8 Å². The smallest absolute Gasteiger partial charge is 0.286 e. The Balaban J connectivity index is 1.95. The summed E-state index contributed by atoms with van der Waals surface area (Å²) in [5, 5.41) is 2.21. The van der Waals surface area contributed by atoms with Crippen LogP contribution in [0.2, 0.25) is 0 Å². The monoisotopic (exact) mass is 369 g/mol. The maximum Gasteiger partial charge on any atom is 0.433 e. The molecule has 0 saturated heterocycles. The van der Waals surface area contributed by atoms with Crippen LogP contribution in [0.15, 0.2) is 64.4 Å². The first-order chi connectivity index (χ1) is 12.9. The molecule has 0 aliphatic carbocycles. The third-order valence-electron chi connectivity index (χ3n) is 4.39. The number of benzene rings is 2. The van der Waals surface area contributed by atoms with Crippen molar-refractivity contribution in [1.82, 2.24) is 9.78 Å². The van der Waals surface area contributed by atoms with Crippen molar-refractivity contribution in [2.45, 2.75) is 13.1 Å². The number of rotatable bonds is 2. The van der Waals surface area contributed by atoms with E-state index in [4.69, 9.17) is 0 Å². The summed E-state index contributed by atoms with van der Waals surface area (Å²) >= 11 is 0. The third-order valence-corrected chi connectivity index (χ3v) is 4.39. The molecule has 2 aromatic carbocycles. The Hall–Kier alpha value is -3.35. The molecule has 0 saturated carbocycles. The van der Waals surface area contributed by atoms with Gasteiger partial charge in [-0.3, -0.25) is 14.9 Å². The van der Waals surface area contributed by atoms with Crippen molar-refractivity contribution in [2.75, 3.05) is 0 Å². The molecule has 0 bridgehead atoms. The number of H-pyrrole nitrogens is 1. The molecule has 0 radical (unpaired) electrons. The number of nitrogens with one attached hydrogen (secondary N) is 1. The molecule has 0 amide bonds. The number of alkyl halides is 3. The molecule has 27 heavy (non-hydrogen) atoms. The third kappa shape index (κ3) is 2.91. The van der Waals surface area contributed by atoms with Crippen LogP contribution >= 0.6 is 0 Å². The largest absolute Gasteiger partial charge is 0.433 e. The van der Waals surface area contributed by atoms with Crippen LogP contribution in [0.25, 0.3) is 17.3 Å². The number of fused-ring (bicyclic) bond motifs is 1. The fraction of sp³-hybridized carbons (Fsp3) is 0.100. The van der Waals surface area contributed by atoms with Gasteiger partial charge in [0.1, 0.15) is 5.69 Å². The number of halogens is 3. The van der Waals surface area contributed by atoms with Gasteiger partial charge in [-0.1, -0.05) is 36.4 Å². The highest BCUT2D eigenvalue weighted by molar-refractivity contribution is 6.31. The van der Waals surface area contributed by atoms with E-state index in [9.17, 15) is 18.0 Å². The predicted octanol–water partition coefficient (Wildman–Crippen LogP) is 4.83. The van der Waals surface area contributed by atoms with Crippen molar-refractivity contribution in [3.8, 4) is 5.69 Å². The summed E-state index contributed by atoms with van der Waals surface area (Å²) < 4.78 is 41.6. The van der Waals surface area contributed by atoms with Gasteiger partial charge < -0.3 is 0 Å². The lowest BCUT2D eigenvalue weighted by Crippen LogP contribution is -2.16.